The number of piperazine rings is 1. The lowest BCUT2D eigenvalue weighted by Gasteiger charge is -2.44. The van der Waals surface area contributed by atoms with Crippen molar-refractivity contribution in [2.24, 2.45) is 0 Å². The van der Waals surface area contributed by atoms with Gasteiger partial charge in [0.25, 0.3) is 0 Å². The average molecular weight is 309 g/mol. The molecule has 0 aromatic heterocycles. The SMILES string of the molecule is CCC1CNC(C)(C)CN1Cc1cc(Cl)cc2c1OCC2. The Bertz CT molecular complexity index is 530. The van der Waals surface area contributed by atoms with Gasteiger partial charge in [0.2, 0.25) is 0 Å². The van der Waals surface area contributed by atoms with Gasteiger partial charge in [0.05, 0.1) is 6.61 Å². The summed E-state index contributed by atoms with van der Waals surface area (Å²) in [6.45, 7) is 10.6. The molecule has 21 heavy (non-hydrogen) atoms. The monoisotopic (exact) mass is 308 g/mol. The number of hydrogen-bond donors (Lipinski definition) is 1. The summed E-state index contributed by atoms with van der Waals surface area (Å²) in [4.78, 5) is 2.57. The van der Waals surface area contributed by atoms with Crippen molar-refractivity contribution in [3.8, 4) is 5.75 Å². The molecule has 3 rings (SSSR count). The summed E-state index contributed by atoms with van der Waals surface area (Å²) in [6.07, 6.45) is 2.14. The Morgan fingerprint density at radius 2 is 2.24 bits per heavy atom. The van der Waals surface area contributed by atoms with Crippen molar-refractivity contribution in [3.05, 3.63) is 28.3 Å². The van der Waals surface area contributed by atoms with Gasteiger partial charge in [-0.15, -0.1) is 0 Å². The van der Waals surface area contributed by atoms with E-state index in [1.165, 1.54) is 11.1 Å². The minimum Gasteiger partial charge on any atom is -0.493 e. The molecular weight excluding hydrogens is 284 g/mol. The molecule has 0 radical (unpaired) electrons. The van der Waals surface area contributed by atoms with E-state index in [1.807, 2.05) is 6.07 Å². The molecular formula is C17H25ClN2O. The number of fused-ring (bicyclic) bond motifs is 1. The molecule has 1 N–H and O–H groups in total. The largest absolute Gasteiger partial charge is 0.493 e. The van der Waals surface area contributed by atoms with Gasteiger partial charge in [0.15, 0.2) is 0 Å². The average Bonchev–Trinajstić information content (AvgIpc) is 2.86. The summed E-state index contributed by atoms with van der Waals surface area (Å²) in [5.74, 6) is 1.07. The minimum absolute atomic E-state index is 0.161. The summed E-state index contributed by atoms with van der Waals surface area (Å²) >= 11 is 6.29. The third kappa shape index (κ3) is 3.20. The normalized spacial score (nSPS) is 24.7. The van der Waals surface area contributed by atoms with Crippen molar-refractivity contribution in [3.63, 3.8) is 0 Å². The molecule has 4 heteroatoms. The summed E-state index contributed by atoms with van der Waals surface area (Å²) in [7, 11) is 0. The third-order valence-electron chi connectivity index (χ3n) is 4.60. The molecule has 3 nitrogen and oxygen atoms in total. The first-order valence-electron chi connectivity index (χ1n) is 7.91. The lowest BCUT2D eigenvalue weighted by atomic mass is 9.96. The smallest absolute Gasteiger partial charge is 0.127 e. The van der Waals surface area contributed by atoms with Crippen molar-refractivity contribution >= 4 is 11.6 Å². The predicted molar refractivity (Wildman–Crippen MR) is 87.2 cm³/mol. The zero-order chi connectivity index (χ0) is 15.0. The van der Waals surface area contributed by atoms with Crippen LogP contribution < -0.4 is 10.1 Å². The fraction of sp³-hybridized carbons (Fsp3) is 0.647. The van der Waals surface area contributed by atoms with Gasteiger partial charge >= 0.3 is 0 Å². The number of ether oxygens (including phenoxy) is 1. The quantitative estimate of drug-likeness (QED) is 0.928. The lowest BCUT2D eigenvalue weighted by Crippen LogP contribution is -2.61. The Hall–Kier alpha value is -0.770. The van der Waals surface area contributed by atoms with Gasteiger partial charge in [-0.05, 0) is 38.0 Å². The molecule has 0 bridgehead atoms. The topological polar surface area (TPSA) is 24.5 Å². The first-order valence-corrected chi connectivity index (χ1v) is 8.29. The van der Waals surface area contributed by atoms with Crippen LogP contribution in [-0.2, 0) is 13.0 Å². The van der Waals surface area contributed by atoms with E-state index in [2.05, 4.69) is 37.1 Å². The second kappa shape index (κ2) is 5.79. The van der Waals surface area contributed by atoms with Gasteiger partial charge in [0, 0.05) is 48.2 Å². The maximum Gasteiger partial charge on any atom is 0.127 e. The molecule has 1 saturated heterocycles. The van der Waals surface area contributed by atoms with Gasteiger partial charge in [-0.3, -0.25) is 4.90 Å². The maximum absolute atomic E-state index is 6.29. The molecule has 0 amide bonds. The van der Waals surface area contributed by atoms with E-state index >= 15 is 0 Å². The Morgan fingerprint density at radius 3 is 3.00 bits per heavy atom. The second-order valence-corrected chi connectivity index (χ2v) is 7.32. The Kier molecular flexibility index (Phi) is 4.17. The van der Waals surface area contributed by atoms with Crippen LogP contribution in [0, 0.1) is 0 Å². The standard InChI is InChI=1S/C17H25ClN2O/c1-4-15-9-19-17(2,3)11-20(15)10-13-8-14(18)7-12-5-6-21-16(12)13/h7-8,15,19H,4-6,9-11H2,1-3H3. The lowest BCUT2D eigenvalue weighted by molar-refractivity contribution is 0.0850. The molecule has 1 unspecified atom stereocenters. The highest BCUT2D eigenvalue weighted by Crippen LogP contribution is 2.34. The van der Waals surface area contributed by atoms with Crippen LogP contribution in [0.4, 0.5) is 0 Å². The van der Waals surface area contributed by atoms with E-state index in [1.54, 1.807) is 0 Å². The van der Waals surface area contributed by atoms with Crippen LogP contribution in [0.15, 0.2) is 12.1 Å². The number of hydrogen-bond acceptors (Lipinski definition) is 3. The van der Waals surface area contributed by atoms with Crippen LogP contribution >= 0.6 is 11.6 Å². The van der Waals surface area contributed by atoms with E-state index in [0.717, 1.165) is 49.9 Å². The zero-order valence-corrected chi connectivity index (χ0v) is 14.0. The molecule has 2 aliphatic heterocycles. The molecule has 2 aliphatic rings. The van der Waals surface area contributed by atoms with Crippen LogP contribution in [0.25, 0.3) is 0 Å². The molecule has 1 atom stereocenters. The molecule has 1 fully saturated rings. The van der Waals surface area contributed by atoms with Crippen LogP contribution in [-0.4, -0.2) is 36.2 Å². The van der Waals surface area contributed by atoms with Crippen LogP contribution in [0.3, 0.4) is 0 Å². The van der Waals surface area contributed by atoms with E-state index in [-0.39, 0.29) is 5.54 Å². The number of benzene rings is 1. The molecule has 0 saturated carbocycles. The number of nitrogens with one attached hydrogen (secondary N) is 1. The molecule has 1 aromatic rings. The van der Waals surface area contributed by atoms with Gasteiger partial charge < -0.3 is 10.1 Å². The Balaban J connectivity index is 1.85. The van der Waals surface area contributed by atoms with Crippen molar-refractivity contribution in [1.82, 2.24) is 10.2 Å². The highest BCUT2D eigenvalue weighted by molar-refractivity contribution is 6.30. The molecule has 2 heterocycles. The van der Waals surface area contributed by atoms with E-state index in [0.29, 0.717) is 6.04 Å². The molecule has 1 aromatic carbocycles. The van der Waals surface area contributed by atoms with Crippen molar-refractivity contribution in [2.75, 3.05) is 19.7 Å². The van der Waals surface area contributed by atoms with E-state index in [9.17, 15) is 0 Å². The molecule has 116 valence electrons. The van der Waals surface area contributed by atoms with Crippen LogP contribution in [0.1, 0.15) is 38.3 Å². The minimum atomic E-state index is 0.161. The van der Waals surface area contributed by atoms with Gasteiger partial charge in [-0.1, -0.05) is 18.5 Å². The fourth-order valence-corrected chi connectivity index (χ4v) is 3.75. The molecule has 0 aliphatic carbocycles. The van der Waals surface area contributed by atoms with Crippen LogP contribution in [0.5, 0.6) is 5.75 Å². The van der Waals surface area contributed by atoms with Gasteiger partial charge in [-0.2, -0.15) is 0 Å². The highest BCUT2D eigenvalue weighted by atomic mass is 35.5. The Morgan fingerprint density at radius 1 is 1.43 bits per heavy atom. The Labute approximate surface area is 132 Å². The van der Waals surface area contributed by atoms with E-state index in [4.69, 9.17) is 16.3 Å². The maximum atomic E-state index is 6.29. The highest BCUT2D eigenvalue weighted by Gasteiger charge is 2.32. The van der Waals surface area contributed by atoms with Crippen molar-refractivity contribution < 1.29 is 4.74 Å². The van der Waals surface area contributed by atoms with Crippen LogP contribution in [0.2, 0.25) is 5.02 Å². The van der Waals surface area contributed by atoms with Crippen molar-refractivity contribution in [1.29, 1.82) is 0 Å². The number of nitrogens with zero attached hydrogens (tertiary/aromatic N) is 1. The summed E-state index contributed by atoms with van der Waals surface area (Å²) in [6, 6.07) is 4.70. The number of rotatable bonds is 3. The fourth-order valence-electron chi connectivity index (χ4n) is 3.49. The van der Waals surface area contributed by atoms with Gasteiger partial charge in [-0.25, -0.2) is 0 Å². The molecule has 0 spiro atoms. The summed E-state index contributed by atoms with van der Waals surface area (Å²) in [5.41, 5.74) is 2.67. The second-order valence-electron chi connectivity index (χ2n) is 6.88. The first-order chi connectivity index (χ1) is 9.98. The summed E-state index contributed by atoms with van der Waals surface area (Å²) < 4.78 is 5.85. The van der Waals surface area contributed by atoms with Gasteiger partial charge in [0.1, 0.15) is 5.75 Å². The van der Waals surface area contributed by atoms with E-state index < -0.39 is 0 Å². The third-order valence-corrected chi connectivity index (χ3v) is 4.82. The number of halogens is 1. The first kappa shape index (κ1) is 15.1. The van der Waals surface area contributed by atoms with Crippen molar-refractivity contribution in [2.45, 2.75) is 51.7 Å². The zero-order valence-electron chi connectivity index (χ0n) is 13.2. The summed E-state index contributed by atoms with van der Waals surface area (Å²) in [5, 5.41) is 4.47. The predicted octanol–water partition coefficient (Wildman–Crippen LogP) is 3.24.